The highest BCUT2D eigenvalue weighted by molar-refractivity contribution is 5.69. The minimum atomic E-state index is -0.101. The lowest BCUT2D eigenvalue weighted by Crippen LogP contribution is -2.02. The molecule has 0 aromatic heterocycles. The lowest BCUT2D eigenvalue weighted by molar-refractivity contribution is -0.142. The molecule has 2 heteroatoms. The Hall–Kier alpha value is -1.05. The maximum atomic E-state index is 11.0. The molecular weight excluding hydrogens is 188 g/mol. The number of hydrogen-bond acceptors (Lipinski definition) is 2. The third kappa shape index (κ3) is 10.9. The molecule has 0 saturated carbocycles. The van der Waals surface area contributed by atoms with Gasteiger partial charge in [-0.25, -0.2) is 0 Å². The largest absolute Gasteiger partial charge is 0.466 e. The van der Waals surface area contributed by atoms with E-state index in [1.807, 2.05) is 13.8 Å². The molecule has 2 nitrogen and oxygen atoms in total. The number of unbranched alkanes of at least 4 members (excludes halogenated alkanes) is 2. The maximum absolute atomic E-state index is 11.0. The zero-order valence-corrected chi connectivity index (χ0v) is 9.87. The smallest absolute Gasteiger partial charge is 0.306 e. The molecule has 0 aromatic carbocycles. The van der Waals surface area contributed by atoms with Crippen molar-refractivity contribution in [2.45, 2.75) is 46.0 Å². The molecule has 0 amide bonds. The second-order valence-electron chi connectivity index (χ2n) is 3.32. The Morgan fingerprint density at radius 1 is 1.13 bits per heavy atom. The fourth-order valence-electron chi connectivity index (χ4n) is 1.19. The Morgan fingerprint density at radius 3 is 2.47 bits per heavy atom. The summed E-state index contributed by atoms with van der Waals surface area (Å²) in [5.74, 6) is -0.101. The first-order valence-corrected chi connectivity index (χ1v) is 5.73. The van der Waals surface area contributed by atoms with Crippen LogP contribution in [0.2, 0.25) is 0 Å². The third-order valence-electron chi connectivity index (χ3n) is 1.96. The van der Waals surface area contributed by atoms with E-state index in [1.165, 1.54) is 6.42 Å². The minimum Gasteiger partial charge on any atom is -0.466 e. The summed E-state index contributed by atoms with van der Waals surface area (Å²) in [6.45, 7) is 4.34. The highest BCUT2D eigenvalue weighted by Crippen LogP contribution is 2.00. The number of ether oxygens (including phenoxy) is 1. The Balaban J connectivity index is 3.27. The molecule has 0 rings (SSSR count). The van der Waals surface area contributed by atoms with Gasteiger partial charge in [0.2, 0.25) is 0 Å². The van der Waals surface area contributed by atoms with Crippen molar-refractivity contribution in [3.8, 4) is 0 Å². The molecule has 0 N–H and O–H groups in total. The van der Waals surface area contributed by atoms with Gasteiger partial charge >= 0.3 is 5.97 Å². The summed E-state index contributed by atoms with van der Waals surface area (Å²) in [4.78, 5) is 11.0. The first-order valence-electron chi connectivity index (χ1n) is 5.73. The third-order valence-corrected chi connectivity index (χ3v) is 1.96. The van der Waals surface area contributed by atoms with Gasteiger partial charge in [-0.2, -0.15) is 0 Å². The van der Waals surface area contributed by atoms with Crippen LogP contribution >= 0.6 is 0 Å². The van der Waals surface area contributed by atoms with Crippen molar-refractivity contribution in [1.82, 2.24) is 0 Å². The number of carbonyl (C=O) groups excluding carboxylic acids is 1. The van der Waals surface area contributed by atoms with Crippen molar-refractivity contribution < 1.29 is 9.53 Å². The average molecular weight is 210 g/mol. The van der Waals surface area contributed by atoms with Gasteiger partial charge in [-0.1, -0.05) is 24.3 Å². The molecule has 0 aliphatic heterocycles. The number of esters is 1. The Bertz CT molecular complexity index is 205. The molecule has 0 radical (unpaired) electrons. The van der Waals surface area contributed by atoms with Crippen LogP contribution in [0.4, 0.5) is 0 Å². The number of allylic oxidation sites excluding steroid dienone is 4. The van der Waals surface area contributed by atoms with E-state index < -0.39 is 0 Å². The van der Waals surface area contributed by atoms with E-state index >= 15 is 0 Å². The van der Waals surface area contributed by atoms with Gasteiger partial charge in [0.1, 0.15) is 0 Å². The summed E-state index contributed by atoms with van der Waals surface area (Å²) < 4.78 is 4.82. The van der Waals surface area contributed by atoms with Crippen LogP contribution in [-0.4, -0.2) is 12.6 Å². The second-order valence-corrected chi connectivity index (χ2v) is 3.32. The van der Waals surface area contributed by atoms with Gasteiger partial charge < -0.3 is 4.74 Å². The highest BCUT2D eigenvalue weighted by Gasteiger charge is 1.97. The summed E-state index contributed by atoms with van der Waals surface area (Å²) >= 11 is 0. The molecule has 0 unspecified atom stereocenters. The predicted molar refractivity (Wildman–Crippen MR) is 63.7 cm³/mol. The van der Waals surface area contributed by atoms with Gasteiger partial charge in [-0.3, -0.25) is 4.79 Å². The fourth-order valence-corrected chi connectivity index (χ4v) is 1.19. The normalized spacial score (nSPS) is 11.3. The van der Waals surface area contributed by atoms with Crippen molar-refractivity contribution in [3.05, 3.63) is 24.3 Å². The minimum absolute atomic E-state index is 0.101. The maximum Gasteiger partial charge on any atom is 0.306 e. The van der Waals surface area contributed by atoms with Gasteiger partial charge in [-0.05, 0) is 39.5 Å². The van der Waals surface area contributed by atoms with Crippen molar-refractivity contribution in [3.63, 3.8) is 0 Å². The zero-order valence-electron chi connectivity index (χ0n) is 9.87. The standard InChI is InChI=1S/C13H22O2/c1-3-5-6-7-8-9-10-11-12-13(14)15-4-2/h3,5,9-10H,4,6-8,11-12H2,1-2H3/b5-3+,10-9+. The molecular formula is C13H22O2. The molecule has 86 valence electrons. The first-order chi connectivity index (χ1) is 7.31. The molecule has 0 spiro atoms. The van der Waals surface area contributed by atoms with Crippen LogP contribution in [0.1, 0.15) is 46.0 Å². The van der Waals surface area contributed by atoms with Gasteiger partial charge in [0, 0.05) is 6.42 Å². The number of carbonyl (C=O) groups is 1. The average Bonchev–Trinajstić information content (AvgIpc) is 2.22. The molecule has 0 aromatic rings. The van der Waals surface area contributed by atoms with E-state index in [-0.39, 0.29) is 5.97 Å². The summed E-state index contributed by atoms with van der Waals surface area (Å²) in [7, 11) is 0. The molecule has 0 saturated heterocycles. The Labute approximate surface area is 93.0 Å². The van der Waals surface area contributed by atoms with E-state index in [9.17, 15) is 4.79 Å². The molecule has 0 atom stereocenters. The second kappa shape index (κ2) is 11.0. The summed E-state index contributed by atoms with van der Waals surface area (Å²) in [5, 5.41) is 0. The summed E-state index contributed by atoms with van der Waals surface area (Å²) in [6.07, 6.45) is 13.2. The quantitative estimate of drug-likeness (QED) is 0.347. The van der Waals surface area contributed by atoms with Crippen molar-refractivity contribution in [1.29, 1.82) is 0 Å². The van der Waals surface area contributed by atoms with Crippen molar-refractivity contribution >= 4 is 5.97 Å². The van der Waals surface area contributed by atoms with Crippen LogP contribution in [0.3, 0.4) is 0 Å². The van der Waals surface area contributed by atoms with E-state index in [4.69, 9.17) is 4.74 Å². The van der Waals surface area contributed by atoms with Crippen molar-refractivity contribution in [2.75, 3.05) is 6.61 Å². The lowest BCUT2D eigenvalue weighted by Gasteiger charge is -1.97. The van der Waals surface area contributed by atoms with Gasteiger partial charge in [0.25, 0.3) is 0 Å². The van der Waals surface area contributed by atoms with Crippen LogP contribution in [0.15, 0.2) is 24.3 Å². The van der Waals surface area contributed by atoms with E-state index in [2.05, 4.69) is 24.3 Å². The predicted octanol–water partition coefficient (Wildman–Crippen LogP) is 3.63. The molecule has 0 aliphatic carbocycles. The van der Waals surface area contributed by atoms with E-state index in [0.717, 1.165) is 19.3 Å². The SMILES string of the molecule is C/C=C/CCC/C=C/CCC(=O)OCC. The first kappa shape index (κ1) is 13.9. The van der Waals surface area contributed by atoms with Crippen LogP contribution in [0.25, 0.3) is 0 Å². The highest BCUT2D eigenvalue weighted by atomic mass is 16.5. The van der Waals surface area contributed by atoms with Crippen LogP contribution in [0, 0.1) is 0 Å². The van der Waals surface area contributed by atoms with Gasteiger partial charge in [-0.15, -0.1) is 0 Å². The topological polar surface area (TPSA) is 26.3 Å². The lowest BCUT2D eigenvalue weighted by atomic mass is 10.2. The fraction of sp³-hybridized carbons (Fsp3) is 0.615. The number of rotatable bonds is 8. The number of hydrogen-bond donors (Lipinski definition) is 0. The van der Waals surface area contributed by atoms with Crippen LogP contribution in [-0.2, 0) is 9.53 Å². The molecule has 0 heterocycles. The Kier molecular flexibility index (Phi) is 10.3. The zero-order chi connectivity index (χ0) is 11.4. The summed E-state index contributed by atoms with van der Waals surface area (Å²) in [6, 6.07) is 0. The van der Waals surface area contributed by atoms with Crippen molar-refractivity contribution in [2.24, 2.45) is 0 Å². The molecule has 15 heavy (non-hydrogen) atoms. The van der Waals surface area contributed by atoms with Gasteiger partial charge in [0.05, 0.1) is 6.61 Å². The van der Waals surface area contributed by atoms with Crippen LogP contribution in [0.5, 0.6) is 0 Å². The van der Waals surface area contributed by atoms with E-state index in [1.54, 1.807) is 0 Å². The van der Waals surface area contributed by atoms with Crippen LogP contribution < -0.4 is 0 Å². The monoisotopic (exact) mass is 210 g/mol. The molecule has 0 fully saturated rings. The van der Waals surface area contributed by atoms with E-state index in [0.29, 0.717) is 13.0 Å². The summed E-state index contributed by atoms with van der Waals surface area (Å²) in [5.41, 5.74) is 0. The molecule has 0 bridgehead atoms. The molecule has 0 aliphatic rings. The van der Waals surface area contributed by atoms with Gasteiger partial charge in [0.15, 0.2) is 0 Å². The Morgan fingerprint density at radius 2 is 1.80 bits per heavy atom.